The summed E-state index contributed by atoms with van der Waals surface area (Å²) in [6, 6.07) is 7.34. The lowest BCUT2D eigenvalue weighted by molar-refractivity contribution is -0.155. The third-order valence-corrected chi connectivity index (χ3v) is 4.79. The topological polar surface area (TPSA) is 64.6 Å². The van der Waals surface area contributed by atoms with Crippen molar-refractivity contribution in [2.45, 2.75) is 51.7 Å². The maximum absolute atomic E-state index is 11.9. The van der Waals surface area contributed by atoms with Crippen LogP contribution < -0.4 is 10.1 Å². The zero-order valence-corrected chi connectivity index (χ0v) is 15.7. The third-order valence-electron chi connectivity index (χ3n) is 4.26. The van der Waals surface area contributed by atoms with Crippen LogP contribution in [0.25, 0.3) is 0 Å². The summed E-state index contributed by atoms with van der Waals surface area (Å²) in [7, 11) is 0. The van der Waals surface area contributed by atoms with E-state index in [0.717, 1.165) is 23.7 Å². The fourth-order valence-corrected chi connectivity index (χ4v) is 3.06. The Morgan fingerprint density at radius 2 is 1.92 bits per heavy atom. The first-order valence-electron chi connectivity index (χ1n) is 8.34. The molecule has 24 heavy (non-hydrogen) atoms. The lowest BCUT2D eigenvalue weighted by Gasteiger charge is -2.29. The highest BCUT2D eigenvalue weighted by Crippen LogP contribution is 2.23. The highest BCUT2D eigenvalue weighted by Gasteiger charge is 2.24. The summed E-state index contributed by atoms with van der Waals surface area (Å²) in [6.45, 7) is 3.48. The quantitative estimate of drug-likeness (QED) is 0.746. The SMILES string of the molecule is C[C@@H]1CCCC[C@@H]1NC(=O)COC(=O)[C@@H](C)Oc1ccc(Br)cc1. The van der Waals surface area contributed by atoms with Crippen molar-refractivity contribution in [1.82, 2.24) is 5.32 Å². The van der Waals surface area contributed by atoms with Crippen molar-refractivity contribution in [3.05, 3.63) is 28.7 Å². The smallest absolute Gasteiger partial charge is 0.347 e. The van der Waals surface area contributed by atoms with Gasteiger partial charge in [0.2, 0.25) is 0 Å². The van der Waals surface area contributed by atoms with Gasteiger partial charge in [0, 0.05) is 10.5 Å². The minimum atomic E-state index is -0.771. The molecule has 132 valence electrons. The molecule has 0 saturated heterocycles. The van der Waals surface area contributed by atoms with Gasteiger partial charge in [-0.25, -0.2) is 4.79 Å². The van der Waals surface area contributed by atoms with Crippen molar-refractivity contribution >= 4 is 27.8 Å². The van der Waals surface area contributed by atoms with Crippen LogP contribution >= 0.6 is 15.9 Å². The molecule has 0 aliphatic heterocycles. The highest BCUT2D eigenvalue weighted by molar-refractivity contribution is 9.10. The summed E-state index contributed by atoms with van der Waals surface area (Å²) in [5.74, 6) is 0.240. The molecule has 1 aromatic carbocycles. The highest BCUT2D eigenvalue weighted by atomic mass is 79.9. The number of hydrogen-bond donors (Lipinski definition) is 1. The number of carbonyl (C=O) groups is 2. The number of amides is 1. The van der Waals surface area contributed by atoms with E-state index in [9.17, 15) is 9.59 Å². The molecule has 0 spiro atoms. The summed E-state index contributed by atoms with van der Waals surface area (Å²) < 4.78 is 11.5. The first kappa shape index (κ1) is 18.8. The Kier molecular flexibility index (Phi) is 7.09. The van der Waals surface area contributed by atoms with E-state index < -0.39 is 12.1 Å². The van der Waals surface area contributed by atoms with Crippen LogP contribution in [0.1, 0.15) is 39.5 Å². The monoisotopic (exact) mass is 397 g/mol. The molecule has 0 bridgehead atoms. The molecule has 1 aromatic rings. The average molecular weight is 398 g/mol. The minimum absolute atomic E-state index is 0.182. The summed E-state index contributed by atoms with van der Waals surface area (Å²) >= 11 is 3.33. The molecular weight excluding hydrogens is 374 g/mol. The number of rotatable bonds is 6. The van der Waals surface area contributed by atoms with Gasteiger partial charge in [0.25, 0.3) is 5.91 Å². The molecule has 0 heterocycles. The fraction of sp³-hybridized carbons (Fsp3) is 0.556. The molecule has 2 rings (SSSR count). The van der Waals surface area contributed by atoms with Gasteiger partial charge in [-0.15, -0.1) is 0 Å². The summed E-state index contributed by atoms with van der Waals surface area (Å²) in [4.78, 5) is 23.9. The van der Waals surface area contributed by atoms with Crippen LogP contribution in [-0.4, -0.2) is 30.6 Å². The molecule has 1 aliphatic carbocycles. The number of nitrogens with one attached hydrogen (secondary N) is 1. The van der Waals surface area contributed by atoms with Gasteiger partial charge in [0.1, 0.15) is 5.75 Å². The van der Waals surface area contributed by atoms with E-state index in [-0.39, 0.29) is 18.6 Å². The van der Waals surface area contributed by atoms with Crippen LogP contribution in [0.4, 0.5) is 0 Å². The first-order chi connectivity index (χ1) is 11.5. The van der Waals surface area contributed by atoms with Gasteiger partial charge in [-0.2, -0.15) is 0 Å². The van der Waals surface area contributed by atoms with Gasteiger partial charge in [-0.3, -0.25) is 4.79 Å². The van der Waals surface area contributed by atoms with Gasteiger partial charge in [-0.1, -0.05) is 35.7 Å². The molecule has 1 amide bonds. The van der Waals surface area contributed by atoms with Gasteiger partial charge >= 0.3 is 5.97 Å². The zero-order chi connectivity index (χ0) is 17.5. The summed E-state index contributed by atoms with van der Waals surface area (Å²) in [5.41, 5.74) is 0. The number of ether oxygens (including phenoxy) is 2. The molecule has 3 atom stereocenters. The van der Waals surface area contributed by atoms with Crippen LogP contribution in [0.3, 0.4) is 0 Å². The van der Waals surface area contributed by atoms with Crippen LogP contribution in [0.5, 0.6) is 5.75 Å². The molecule has 1 aliphatic rings. The number of halogens is 1. The molecular formula is C18H24BrNO4. The third kappa shape index (κ3) is 5.82. The number of hydrogen-bond acceptors (Lipinski definition) is 4. The van der Waals surface area contributed by atoms with Crippen molar-refractivity contribution in [3.8, 4) is 5.75 Å². The maximum Gasteiger partial charge on any atom is 0.347 e. The predicted octanol–water partition coefficient (Wildman–Crippen LogP) is 3.45. The Balaban J connectivity index is 1.73. The van der Waals surface area contributed by atoms with Crippen molar-refractivity contribution in [3.63, 3.8) is 0 Å². The Morgan fingerprint density at radius 1 is 1.25 bits per heavy atom. The van der Waals surface area contributed by atoms with Crippen molar-refractivity contribution in [2.75, 3.05) is 6.61 Å². The fourth-order valence-electron chi connectivity index (χ4n) is 2.80. The Morgan fingerprint density at radius 3 is 2.58 bits per heavy atom. The Labute approximate surface area is 151 Å². The standard InChI is InChI=1S/C18H24BrNO4/c1-12-5-3-4-6-16(12)20-17(21)11-23-18(22)13(2)24-15-9-7-14(19)8-10-15/h7-10,12-13,16H,3-6,11H2,1-2H3,(H,20,21)/t12-,13-,16+/m1/s1. The number of carbonyl (C=O) groups excluding carboxylic acids is 2. The van der Waals surface area contributed by atoms with E-state index in [4.69, 9.17) is 9.47 Å². The van der Waals surface area contributed by atoms with E-state index in [0.29, 0.717) is 11.7 Å². The summed E-state index contributed by atoms with van der Waals surface area (Å²) in [5, 5.41) is 2.96. The molecule has 1 N–H and O–H groups in total. The Hall–Kier alpha value is -1.56. The van der Waals surface area contributed by atoms with Gasteiger partial charge < -0.3 is 14.8 Å². The second-order valence-corrected chi connectivity index (χ2v) is 7.17. The normalized spacial score (nSPS) is 21.6. The molecule has 1 fully saturated rings. The zero-order valence-electron chi connectivity index (χ0n) is 14.1. The molecule has 5 nitrogen and oxygen atoms in total. The lowest BCUT2D eigenvalue weighted by Crippen LogP contribution is -2.43. The maximum atomic E-state index is 11.9. The molecule has 6 heteroatoms. The van der Waals surface area contributed by atoms with E-state index in [2.05, 4.69) is 28.2 Å². The van der Waals surface area contributed by atoms with E-state index in [1.165, 1.54) is 6.42 Å². The average Bonchev–Trinajstić information content (AvgIpc) is 2.57. The molecule has 0 unspecified atom stereocenters. The number of esters is 1. The van der Waals surface area contributed by atoms with Crippen LogP contribution in [0, 0.1) is 5.92 Å². The molecule has 0 radical (unpaired) electrons. The van der Waals surface area contributed by atoms with Crippen LogP contribution in [0.15, 0.2) is 28.7 Å². The second-order valence-electron chi connectivity index (χ2n) is 6.26. The summed E-state index contributed by atoms with van der Waals surface area (Å²) in [6.07, 6.45) is 3.69. The largest absolute Gasteiger partial charge is 0.479 e. The van der Waals surface area contributed by atoms with Crippen LogP contribution in [-0.2, 0) is 14.3 Å². The first-order valence-corrected chi connectivity index (χ1v) is 9.13. The second kappa shape index (κ2) is 9.06. The number of benzene rings is 1. The van der Waals surface area contributed by atoms with Crippen molar-refractivity contribution < 1.29 is 19.1 Å². The lowest BCUT2D eigenvalue weighted by atomic mass is 9.86. The van der Waals surface area contributed by atoms with E-state index in [1.54, 1.807) is 19.1 Å². The minimum Gasteiger partial charge on any atom is -0.479 e. The predicted molar refractivity (Wildman–Crippen MR) is 94.8 cm³/mol. The van der Waals surface area contributed by atoms with Gasteiger partial charge in [-0.05, 0) is 49.9 Å². The van der Waals surface area contributed by atoms with Gasteiger partial charge in [0.15, 0.2) is 12.7 Å². The molecule has 0 aromatic heterocycles. The van der Waals surface area contributed by atoms with Gasteiger partial charge in [0.05, 0.1) is 0 Å². The van der Waals surface area contributed by atoms with Crippen LogP contribution in [0.2, 0.25) is 0 Å². The van der Waals surface area contributed by atoms with E-state index in [1.807, 2.05) is 12.1 Å². The van der Waals surface area contributed by atoms with Crippen molar-refractivity contribution in [2.24, 2.45) is 5.92 Å². The van der Waals surface area contributed by atoms with E-state index >= 15 is 0 Å². The molecule has 1 saturated carbocycles. The Bertz CT molecular complexity index is 561. The van der Waals surface area contributed by atoms with Crippen molar-refractivity contribution in [1.29, 1.82) is 0 Å².